The number of nitrogens with zero attached hydrogens (tertiary/aromatic N) is 1. The monoisotopic (exact) mass is 399 g/mol. The Morgan fingerprint density at radius 1 is 0.867 bits per heavy atom. The van der Waals surface area contributed by atoms with E-state index in [4.69, 9.17) is 4.74 Å². The molecule has 0 saturated carbocycles. The van der Waals surface area contributed by atoms with E-state index in [0.29, 0.717) is 17.9 Å². The Bertz CT molecular complexity index is 896. The zero-order valence-electron chi connectivity index (χ0n) is 17.9. The first-order chi connectivity index (χ1) is 14.8. The Morgan fingerprint density at radius 3 is 2.47 bits per heavy atom. The first-order valence-electron chi connectivity index (χ1n) is 11.7. The van der Waals surface area contributed by atoms with Crippen LogP contribution in [0.15, 0.2) is 72.8 Å². The largest absolute Gasteiger partial charge is 0.378 e. The molecule has 2 unspecified atom stereocenters. The molecule has 0 amide bonds. The molecule has 2 heterocycles. The number of benzene rings is 2. The summed E-state index contributed by atoms with van der Waals surface area (Å²) in [5, 5.41) is 0. The van der Waals surface area contributed by atoms with Gasteiger partial charge >= 0.3 is 0 Å². The summed E-state index contributed by atoms with van der Waals surface area (Å²) >= 11 is 0. The van der Waals surface area contributed by atoms with E-state index in [9.17, 15) is 0 Å². The number of rotatable bonds is 7. The van der Waals surface area contributed by atoms with Crippen LogP contribution in [0.1, 0.15) is 35.1 Å². The quantitative estimate of drug-likeness (QED) is 0.621. The van der Waals surface area contributed by atoms with Crippen LogP contribution in [0, 0.1) is 11.8 Å². The molecule has 2 heteroatoms. The second kappa shape index (κ2) is 9.32. The molecule has 1 aliphatic carbocycles. The van der Waals surface area contributed by atoms with Gasteiger partial charge in [-0.15, -0.1) is 0 Å². The molecule has 156 valence electrons. The summed E-state index contributed by atoms with van der Waals surface area (Å²) in [6.45, 7) is 4.38. The van der Waals surface area contributed by atoms with Crippen molar-refractivity contribution in [2.45, 2.75) is 44.8 Å². The van der Waals surface area contributed by atoms with Gasteiger partial charge in [0.2, 0.25) is 0 Å². The number of hydrogen-bond acceptors (Lipinski definition) is 2. The van der Waals surface area contributed by atoms with Gasteiger partial charge in [0, 0.05) is 26.2 Å². The van der Waals surface area contributed by atoms with Gasteiger partial charge in [0.15, 0.2) is 0 Å². The van der Waals surface area contributed by atoms with Crippen molar-refractivity contribution in [1.29, 1.82) is 0 Å². The van der Waals surface area contributed by atoms with E-state index in [-0.39, 0.29) is 0 Å². The highest BCUT2D eigenvalue weighted by molar-refractivity contribution is 5.34. The molecular weight excluding hydrogens is 366 g/mol. The van der Waals surface area contributed by atoms with Crippen molar-refractivity contribution in [3.8, 4) is 0 Å². The summed E-state index contributed by atoms with van der Waals surface area (Å²) in [4.78, 5) is 2.67. The fraction of sp³-hybridized carbons (Fsp3) is 0.429. The first-order valence-corrected chi connectivity index (χ1v) is 11.7. The lowest BCUT2D eigenvalue weighted by molar-refractivity contribution is -0.0628. The maximum Gasteiger partial charge on any atom is 0.0602 e. The van der Waals surface area contributed by atoms with Crippen molar-refractivity contribution < 1.29 is 4.74 Å². The van der Waals surface area contributed by atoms with Crippen molar-refractivity contribution in [3.63, 3.8) is 0 Å². The van der Waals surface area contributed by atoms with E-state index in [1.807, 2.05) is 0 Å². The van der Waals surface area contributed by atoms with Crippen molar-refractivity contribution >= 4 is 0 Å². The van der Waals surface area contributed by atoms with E-state index in [2.05, 4.69) is 77.7 Å². The third-order valence-corrected chi connectivity index (χ3v) is 7.08. The van der Waals surface area contributed by atoms with E-state index in [1.54, 1.807) is 11.1 Å². The van der Waals surface area contributed by atoms with Crippen LogP contribution in [-0.4, -0.2) is 30.7 Å². The molecule has 0 N–H and O–H groups in total. The van der Waals surface area contributed by atoms with Crippen molar-refractivity contribution in [2.24, 2.45) is 11.8 Å². The zero-order valence-corrected chi connectivity index (χ0v) is 17.9. The highest BCUT2D eigenvalue weighted by atomic mass is 16.5. The zero-order chi connectivity index (χ0) is 20.2. The molecule has 3 aliphatic rings. The standard InChI is InChI=1S/C28H33NO/c1-2-6-22(7-3-1)10-11-23-12-13-24-14-16-29(21-27(24)18-23)20-26-9-5-4-8-25(26)19-28-15-17-30-28/h1-9,12-13,18,25-26,28H,10-11,14-17,19-21H2/t25-,26?,28?/m1/s1. The number of ether oxygens (including phenoxy) is 1. The predicted octanol–water partition coefficient (Wildman–Crippen LogP) is 5.37. The maximum absolute atomic E-state index is 5.71. The van der Waals surface area contributed by atoms with Crippen LogP contribution < -0.4 is 0 Å². The van der Waals surface area contributed by atoms with Crippen LogP contribution in [0.2, 0.25) is 0 Å². The van der Waals surface area contributed by atoms with E-state index < -0.39 is 0 Å². The highest BCUT2D eigenvalue weighted by Crippen LogP contribution is 2.31. The third kappa shape index (κ3) is 4.77. The fourth-order valence-electron chi connectivity index (χ4n) is 5.13. The lowest BCUT2D eigenvalue weighted by Crippen LogP contribution is -2.38. The van der Waals surface area contributed by atoms with Gasteiger partial charge in [0.05, 0.1) is 6.10 Å². The summed E-state index contributed by atoms with van der Waals surface area (Å²) < 4.78 is 5.71. The van der Waals surface area contributed by atoms with Gasteiger partial charge in [0.25, 0.3) is 0 Å². The van der Waals surface area contributed by atoms with Gasteiger partial charge in [-0.25, -0.2) is 0 Å². The lowest BCUT2D eigenvalue weighted by Gasteiger charge is -2.36. The molecule has 2 aliphatic heterocycles. The third-order valence-electron chi connectivity index (χ3n) is 7.08. The molecule has 2 aromatic carbocycles. The smallest absolute Gasteiger partial charge is 0.0602 e. The average molecular weight is 400 g/mol. The van der Waals surface area contributed by atoms with Crippen molar-refractivity contribution in [2.75, 3.05) is 19.7 Å². The van der Waals surface area contributed by atoms with Crippen LogP contribution in [0.5, 0.6) is 0 Å². The number of aryl methyl sites for hydroxylation is 2. The average Bonchev–Trinajstić information content (AvgIpc) is 2.76. The van der Waals surface area contributed by atoms with E-state index in [1.165, 1.54) is 36.9 Å². The lowest BCUT2D eigenvalue weighted by atomic mass is 9.82. The molecule has 30 heavy (non-hydrogen) atoms. The minimum atomic E-state index is 0.489. The number of allylic oxidation sites excluding steroid dienone is 3. The Kier molecular flexibility index (Phi) is 6.15. The van der Waals surface area contributed by atoms with E-state index >= 15 is 0 Å². The Morgan fingerprint density at radius 2 is 1.67 bits per heavy atom. The van der Waals surface area contributed by atoms with Gasteiger partial charge in [-0.05, 0) is 66.2 Å². The van der Waals surface area contributed by atoms with Gasteiger partial charge in [-0.2, -0.15) is 0 Å². The number of fused-ring (bicyclic) bond motifs is 1. The molecule has 0 aromatic heterocycles. The maximum atomic E-state index is 5.71. The summed E-state index contributed by atoms with van der Waals surface area (Å²) in [7, 11) is 0. The molecule has 1 saturated heterocycles. The van der Waals surface area contributed by atoms with E-state index in [0.717, 1.165) is 32.5 Å². The summed E-state index contributed by atoms with van der Waals surface area (Å²) in [6, 6.07) is 18.0. The van der Waals surface area contributed by atoms with Gasteiger partial charge < -0.3 is 4.74 Å². The molecule has 1 fully saturated rings. The van der Waals surface area contributed by atoms with Crippen LogP contribution in [-0.2, 0) is 30.5 Å². The van der Waals surface area contributed by atoms with Crippen LogP contribution in [0.4, 0.5) is 0 Å². The van der Waals surface area contributed by atoms with Gasteiger partial charge in [0.1, 0.15) is 0 Å². The molecular formula is C28H33NO. The van der Waals surface area contributed by atoms with Gasteiger partial charge in [-0.1, -0.05) is 72.8 Å². The Hall–Kier alpha value is -2.16. The minimum absolute atomic E-state index is 0.489. The second-order valence-corrected chi connectivity index (χ2v) is 9.19. The number of hydrogen-bond donors (Lipinski definition) is 0. The first kappa shape index (κ1) is 19.8. The topological polar surface area (TPSA) is 12.5 Å². The highest BCUT2D eigenvalue weighted by Gasteiger charge is 2.28. The molecule has 2 nitrogen and oxygen atoms in total. The predicted molar refractivity (Wildman–Crippen MR) is 124 cm³/mol. The van der Waals surface area contributed by atoms with Crippen LogP contribution >= 0.6 is 0 Å². The molecule has 0 bridgehead atoms. The normalized spacial score (nSPS) is 25.7. The molecule has 0 spiro atoms. The van der Waals surface area contributed by atoms with Gasteiger partial charge in [-0.3, -0.25) is 4.90 Å². The Balaban J connectivity index is 1.20. The van der Waals surface area contributed by atoms with Crippen molar-refractivity contribution in [3.05, 3.63) is 95.1 Å². The minimum Gasteiger partial charge on any atom is -0.378 e. The molecule has 0 radical (unpaired) electrons. The Labute approximate surface area is 181 Å². The van der Waals surface area contributed by atoms with Crippen molar-refractivity contribution in [1.82, 2.24) is 4.90 Å². The van der Waals surface area contributed by atoms with Crippen LogP contribution in [0.3, 0.4) is 0 Å². The summed E-state index contributed by atoms with van der Waals surface area (Å²) in [5.74, 6) is 1.24. The molecule has 3 atom stereocenters. The molecule has 2 aromatic rings. The van der Waals surface area contributed by atoms with Crippen LogP contribution in [0.25, 0.3) is 0 Å². The molecule has 5 rings (SSSR count). The second-order valence-electron chi connectivity index (χ2n) is 9.19. The summed E-state index contributed by atoms with van der Waals surface area (Å²) in [5.41, 5.74) is 5.99. The fourth-order valence-corrected chi connectivity index (χ4v) is 5.13. The SMILES string of the molecule is C1=CC(CN2CCc3ccc(CCc4ccccc4)cc3C2)[C@@H](CC2CCO2)C=C1. The summed E-state index contributed by atoms with van der Waals surface area (Å²) in [6.07, 6.45) is 15.6.